The van der Waals surface area contributed by atoms with Crippen LogP contribution in [-0.4, -0.2) is 12.9 Å². The highest BCUT2D eigenvalue weighted by Crippen LogP contribution is 2.42. The summed E-state index contributed by atoms with van der Waals surface area (Å²) in [7, 11) is 1.68. The fourth-order valence-corrected chi connectivity index (χ4v) is 4.54. The Morgan fingerprint density at radius 2 is 1.27 bits per heavy atom. The standard InChI is InChI=1S/C23H25NOS/c1-19(20-12-6-3-7-13-20)18-26-23(24-25-2,21-14-8-4-9-15-21)22-16-10-5-11-17-22/h3-17,19,24H,18H2,1-2H3/t19-/m1/s1. The Bertz CT molecular complexity index is 738. The van der Waals surface area contributed by atoms with Crippen molar-refractivity contribution in [3.05, 3.63) is 108 Å². The van der Waals surface area contributed by atoms with E-state index < -0.39 is 4.87 Å². The van der Waals surface area contributed by atoms with Crippen LogP contribution < -0.4 is 5.48 Å². The molecule has 0 saturated carbocycles. The first-order valence-corrected chi connectivity index (χ1v) is 9.85. The summed E-state index contributed by atoms with van der Waals surface area (Å²) < 4.78 is 0. The Labute approximate surface area is 160 Å². The van der Waals surface area contributed by atoms with Gasteiger partial charge in [0.05, 0.1) is 7.11 Å². The average Bonchev–Trinajstić information content (AvgIpc) is 2.73. The second-order valence-corrected chi connectivity index (χ2v) is 7.58. The molecule has 3 aromatic rings. The molecule has 0 unspecified atom stereocenters. The van der Waals surface area contributed by atoms with E-state index in [2.05, 4.69) is 91.3 Å². The third-order valence-electron chi connectivity index (χ3n) is 4.52. The molecule has 0 aliphatic heterocycles. The summed E-state index contributed by atoms with van der Waals surface area (Å²) in [6.45, 7) is 2.27. The van der Waals surface area contributed by atoms with Crippen molar-refractivity contribution in [1.82, 2.24) is 5.48 Å². The third-order valence-corrected chi connectivity index (χ3v) is 6.18. The van der Waals surface area contributed by atoms with Crippen LogP contribution in [0.25, 0.3) is 0 Å². The quantitative estimate of drug-likeness (QED) is 0.417. The molecule has 0 saturated heterocycles. The first kappa shape index (κ1) is 18.7. The van der Waals surface area contributed by atoms with E-state index in [4.69, 9.17) is 4.84 Å². The van der Waals surface area contributed by atoms with Crippen LogP contribution in [0.4, 0.5) is 0 Å². The number of hydrogen-bond donors (Lipinski definition) is 1. The van der Waals surface area contributed by atoms with Gasteiger partial charge in [0.25, 0.3) is 0 Å². The van der Waals surface area contributed by atoms with Gasteiger partial charge in [-0.25, -0.2) is 0 Å². The molecule has 0 bridgehead atoms. The highest BCUT2D eigenvalue weighted by Gasteiger charge is 2.35. The molecule has 1 atom stereocenters. The molecule has 3 rings (SSSR count). The van der Waals surface area contributed by atoms with Gasteiger partial charge in [-0.1, -0.05) is 97.9 Å². The lowest BCUT2D eigenvalue weighted by Crippen LogP contribution is -2.40. The van der Waals surface area contributed by atoms with E-state index >= 15 is 0 Å². The Morgan fingerprint density at radius 3 is 1.73 bits per heavy atom. The normalized spacial score (nSPS) is 12.7. The van der Waals surface area contributed by atoms with E-state index in [1.54, 1.807) is 7.11 Å². The van der Waals surface area contributed by atoms with Crippen molar-refractivity contribution in [3.8, 4) is 0 Å². The van der Waals surface area contributed by atoms with E-state index in [9.17, 15) is 0 Å². The number of hydroxylamine groups is 1. The van der Waals surface area contributed by atoms with Crippen LogP contribution in [0.2, 0.25) is 0 Å². The van der Waals surface area contributed by atoms with Crippen LogP contribution in [-0.2, 0) is 9.71 Å². The maximum absolute atomic E-state index is 5.48. The maximum Gasteiger partial charge on any atom is 0.138 e. The molecule has 3 heteroatoms. The van der Waals surface area contributed by atoms with Gasteiger partial charge in [0.2, 0.25) is 0 Å². The van der Waals surface area contributed by atoms with Crippen molar-refractivity contribution in [2.24, 2.45) is 0 Å². The van der Waals surface area contributed by atoms with Gasteiger partial charge >= 0.3 is 0 Å². The van der Waals surface area contributed by atoms with Gasteiger partial charge in [0.1, 0.15) is 4.87 Å². The molecule has 0 radical (unpaired) electrons. The number of thioether (sulfide) groups is 1. The van der Waals surface area contributed by atoms with Crippen LogP contribution in [0.3, 0.4) is 0 Å². The number of hydrogen-bond acceptors (Lipinski definition) is 3. The van der Waals surface area contributed by atoms with E-state index in [0.717, 1.165) is 5.75 Å². The van der Waals surface area contributed by atoms with Gasteiger partial charge in [0, 0.05) is 5.75 Å². The van der Waals surface area contributed by atoms with Crippen molar-refractivity contribution in [3.63, 3.8) is 0 Å². The highest BCUT2D eigenvalue weighted by molar-refractivity contribution is 8.00. The molecule has 0 amide bonds. The fourth-order valence-electron chi connectivity index (χ4n) is 3.10. The van der Waals surface area contributed by atoms with Crippen LogP contribution in [0.1, 0.15) is 29.5 Å². The van der Waals surface area contributed by atoms with Crippen molar-refractivity contribution in [2.75, 3.05) is 12.9 Å². The molecule has 0 aliphatic carbocycles. The second-order valence-electron chi connectivity index (χ2n) is 6.34. The molecule has 2 nitrogen and oxygen atoms in total. The number of rotatable bonds is 8. The smallest absolute Gasteiger partial charge is 0.138 e. The predicted molar refractivity (Wildman–Crippen MR) is 111 cm³/mol. The van der Waals surface area contributed by atoms with Crippen LogP contribution in [0.15, 0.2) is 91.0 Å². The Kier molecular flexibility index (Phi) is 6.51. The molecular formula is C23H25NOS. The largest absolute Gasteiger partial charge is 0.303 e. The first-order chi connectivity index (χ1) is 12.8. The highest BCUT2D eigenvalue weighted by atomic mass is 32.2. The minimum absolute atomic E-state index is 0.437. The molecule has 134 valence electrons. The first-order valence-electron chi connectivity index (χ1n) is 8.86. The van der Waals surface area contributed by atoms with Gasteiger partial charge in [0.15, 0.2) is 0 Å². The zero-order valence-electron chi connectivity index (χ0n) is 15.3. The average molecular weight is 364 g/mol. The summed E-state index contributed by atoms with van der Waals surface area (Å²) in [5.41, 5.74) is 7.01. The summed E-state index contributed by atoms with van der Waals surface area (Å²) in [5, 5.41) is 0. The summed E-state index contributed by atoms with van der Waals surface area (Å²) in [6, 6.07) is 31.7. The zero-order chi connectivity index (χ0) is 18.2. The van der Waals surface area contributed by atoms with Gasteiger partial charge < -0.3 is 4.84 Å². The third kappa shape index (κ3) is 4.18. The minimum atomic E-state index is -0.458. The molecular weight excluding hydrogens is 338 g/mol. The molecule has 0 heterocycles. The molecule has 1 N–H and O–H groups in total. The van der Waals surface area contributed by atoms with Crippen LogP contribution >= 0.6 is 11.8 Å². The van der Waals surface area contributed by atoms with E-state index in [0.29, 0.717) is 5.92 Å². The van der Waals surface area contributed by atoms with E-state index in [1.165, 1.54) is 16.7 Å². The van der Waals surface area contributed by atoms with Crippen molar-refractivity contribution in [1.29, 1.82) is 0 Å². The molecule has 0 spiro atoms. The molecule has 0 fully saturated rings. The SMILES string of the molecule is CONC(SC[C@@H](C)c1ccccc1)(c1ccccc1)c1ccccc1. The monoisotopic (exact) mass is 363 g/mol. The topological polar surface area (TPSA) is 21.3 Å². The van der Waals surface area contributed by atoms with Crippen molar-refractivity contribution in [2.45, 2.75) is 17.7 Å². The number of benzene rings is 3. The molecule has 3 aromatic carbocycles. The fraction of sp³-hybridized carbons (Fsp3) is 0.217. The van der Waals surface area contributed by atoms with Gasteiger partial charge in [-0.3, -0.25) is 0 Å². The summed E-state index contributed by atoms with van der Waals surface area (Å²) in [5.74, 6) is 1.40. The van der Waals surface area contributed by atoms with Crippen molar-refractivity contribution >= 4 is 11.8 Å². The lowest BCUT2D eigenvalue weighted by molar-refractivity contribution is 0.0603. The van der Waals surface area contributed by atoms with Gasteiger partial charge in [-0.05, 0) is 22.6 Å². The Morgan fingerprint density at radius 1 is 0.808 bits per heavy atom. The summed E-state index contributed by atoms with van der Waals surface area (Å²) in [4.78, 5) is 5.03. The van der Waals surface area contributed by atoms with E-state index in [1.807, 2.05) is 23.9 Å². The molecule has 0 aromatic heterocycles. The minimum Gasteiger partial charge on any atom is -0.303 e. The Hall–Kier alpha value is -2.07. The van der Waals surface area contributed by atoms with Crippen LogP contribution in [0.5, 0.6) is 0 Å². The summed E-state index contributed by atoms with van der Waals surface area (Å²) in [6.07, 6.45) is 0. The lowest BCUT2D eigenvalue weighted by Gasteiger charge is -2.35. The zero-order valence-corrected chi connectivity index (χ0v) is 16.1. The van der Waals surface area contributed by atoms with E-state index in [-0.39, 0.29) is 0 Å². The summed E-state index contributed by atoms with van der Waals surface area (Å²) >= 11 is 1.87. The molecule has 26 heavy (non-hydrogen) atoms. The lowest BCUT2D eigenvalue weighted by atomic mass is 9.98. The van der Waals surface area contributed by atoms with Crippen LogP contribution in [0, 0.1) is 0 Å². The van der Waals surface area contributed by atoms with Gasteiger partial charge in [-0.2, -0.15) is 5.48 Å². The van der Waals surface area contributed by atoms with Gasteiger partial charge in [-0.15, -0.1) is 11.8 Å². The predicted octanol–water partition coefficient (Wildman–Crippen LogP) is 5.58. The maximum atomic E-state index is 5.48. The number of nitrogens with one attached hydrogen (secondary N) is 1. The van der Waals surface area contributed by atoms with Crippen molar-refractivity contribution < 1.29 is 4.84 Å². The second kappa shape index (κ2) is 9.04. The molecule has 0 aliphatic rings. The Balaban J connectivity index is 1.94.